The molecule has 0 saturated heterocycles. The molecule has 26 heavy (non-hydrogen) atoms. The molecule has 134 valence electrons. The molecule has 1 atom stereocenters. The number of thioether (sulfide) groups is 1. The molecule has 0 aliphatic heterocycles. The highest BCUT2D eigenvalue weighted by atomic mass is 32.2. The van der Waals surface area contributed by atoms with Gasteiger partial charge in [-0.3, -0.25) is 4.79 Å². The van der Waals surface area contributed by atoms with E-state index in [0.29, 0.717) is 0 Å². The number of rotatable bonds is 5. The van der Waals surface area contributed by atoms with Crippen molar-refractivity contribution in [2.24, 2.45) is 0 Å². The standard InChI is InChI=1S/C17H12F3N3O2S/c1-9(15(24)21-10-6-7-13(19)14(20)8-10)26-17-23-22-16(25-17)11-4-2-3-5-12(11)18/h2-9H,1H3,(H,21,24)/t9-/m0/s1. The highest BCUT2D eigenvalue weighted by Gasteiger charge is 2.20. The Morgan fingerprint density at radius 2 is 1.85 bits per heavy atom. The second kappa shape index (κ2) is 7.61. The molecule has 2 aromatic carbocycles. The summed E-state index contributed by atoms with van der Waals surface area (Å²) >= 11 is 0.957. The summed E-state index contributed by atoms with van der Waals surface area (Å²) in [6.45, 7) is 1.58. The van der Waals surface area contributed by atoms with Crippen molar-refractivity contribution in [3.63, 3.8) is 0 Å². The maximum absolute atomic E-state index is 13.7. The van der Waals surface area contributed by atoms with Crippen molar-refractivity contribution in [3.05, 3.63) is 59.9 Å². The summed E-state index contributed by atoms with van der Waals surface area (Å²) in [6, 6.07) is 8.98. The van der Waals surface area contributed by atoms with Crippen LogP contribution in [0, 0.1) is 17.5 Å². The van der Waals surface area contributed by atoms with Gasteiger partial charge in [-0.1, -0.05) is 23.9 Å². The van der Waals surface area contributed by atoms with E-state index in [1.54, 1.807) is 13.0 Å². The van der Waals surface area contributed by atoms with E-state index in [1.165, 1.54) is 24.3 Å². The predicted octanol–water partition coefficient (Wildman–Crippen LogP) is 4.27. The number of amides is 1. The lowest BCUT2D eigenvalue weighted by molar-refractivity contribution is -0.115. The fourth-order valence-electron chi connectivity index (χ4n) is 2.02. The molecule has 0 bridgehead atoms. The number of carbonyl (C=O) groups is 1. The van der Waals surface area contributed by atoms with Crippen LogP contribution >= 0.6 is 11.8 Å². The number of anilines is 1. The summed E-state index contributed by atoms with van der Waals surface area (Å²) in [4.78, 5) is 12.1. The Kier molecular flexibility index (Phi) is 5.27. The zero-order chi connectivity index (χ0) is 18.7. The average Bonchev–Trinajstić information content (AvgIpc) is 3.06. The van der Waals surface area contributed by atoms with Crippen LogP contribution < -0.4 is 5.32 Å². The van der Waals surface area contributed by atoms with Crippen LogP contribution in [0.4, 0.5) is 18.9 Å². The number of hydrogen-bond acceptors (Lipinski definition) is 5. The van der Waals surface area contributed by atoms with Crippen LogP contribution in [-0.2, 0) is 4.79 Å². The molecule has 5 nitrogen and oxygen atoms in total. The topological polar surface area (TPSA) is 68.0 Å². The van der Waals surface area contributed by atoms with E-state index in [1.807, 2.05) is 0 Å². The molecular formula is C17H12F3N3O2S. The molecule has 0 fully saturated rings. The molecule has 0 saturated carbocycles. The summed E-state index contributed by atoms with van der Waals surface area (Å²) in [5.41, 5.74) is 0.282. The Balaban J connectivity index is 1.66. The molecule has 1 N–H and O–H groups in total. The Morgan fingerprint density at radius 3 is 2.58 bits per heavy atom. The average molecular weight is 379 g/mol. The van der Waals surface area contributed by atoms with E-state index in [2.05, 4.69) is 15.5 Å². The van der Waals surface area contributed by atoms with Gasteiger partial charge in [0.2, 0.25) is 5.91 Å². The van der Waals surface area contributed by atoms with Crippen molar-refractivity contribution < 1.29 is 22.4 Å². The van der Waals surface area contributed by atoms with Crippen LogP contribution in [0.25, 0.3) is 11.5 Å². The maximum atomic E-state index is 13.7. The van der Waals surface area contributed by atoms with Crippen molar-refractivity contribution in [3.8, 4) is 11.5 Å². The second-order valence-electron chi connectivity index (χ2n) is 5.23. The molecule has 1 heterocycles. The first-order valence-corrected chi connectivity index (χ1v) is 8.33. The van der Waals surface area contributed by atoms with E-state index in [-0.39, 0.29) is 22.4 Å². The van der Waals surface area contributed by atoms with Gasteiger partial charge >= 0.3 is 0 Å². The highest BCUT2D eigenvalue weighted by Crippen LogP contribution is 2.28. The van der Waals surface area contributed by atoms with Crippen LogP contribution in [0.15, 0.2) is 52.1 Å². The van der Waals surface area contributed by atoms with Gasteiger partial charge in [-0.05, 0) is 31.2 Å². The van der Waals surface area contributed by atoms with Gasteiger partial charge in [-0.2, -0.15) is 0 Å². The smallest absolute Gasteiger partial charge is 0.277 e. The second-order valence-corrected chi connectivity index (χ2v) is 6.52. The van der Waals surface area contributed by atoms with Crippen LogP contribution in [0.5, 0.6) is 0 Å². The van der Waals surface area contributed by atoms with E-state index < -0.39 is 28.6 Å². The summed E-state index contributed by atoms with van der Waals surface area (Å²) < 4.78 is 45.2. The molecule has 1 amide bonds. The first-order valence-electron chi connectivity index (χ1n) is 7.45. The number of nitrogens with zero attached hydrogens (tertiary/aromatic N) is 2. The number of benzene rings is 2. The fourth-order valence-corrected chi connectivity index (χ4v) is 2.71. The van der Waals surface area contributed by atoms with Crippen LogP contribution in [0.2, 0.25) is 0 Å². The number of halogens is 3. The molecule has 0 aliphatic rings. The third-order valence-corrected chi connectivity index (χ3v) is 4.28. The predicted molar refractivity (Wildman–Crippen MR) is 90.0 cm³/mol. The molecule has 3 rings (SSSR count). The zero-order valence-electron chi connectivity index (χ0n) is 13.4. The fraction of sp³-hybridized carbons (Fsp3) is 0.118. The SMILES string of the molecule is C[C@H](Sc1nnc(-c2ccccc2F)o1)C(=O)Nc1ccc(F)c(F)c1. The van der Waals surface area contributed by atoms with Crippen molar-refractivity contribution in [1.29, 1.82) is 0 Å². The quantitative estimate of drug-likeness (QED) is 0.671. The Morgan fingerprint density at radius 1 is 1.08 bits per heavy atom. The number of nitrogens with one attached hydrogen (secondary N) is 1. The Hall–Kier alpha value is -2.81. The molecule has 1 aromatic heterocycles. The lowest BCUT2D eigenvalue weighted by Gasteiger charge is -2.10. The lowest BCUT2D eigenvalue weighted by Crippen LogP contribution is -2.22. The molecular weight excluding hydrogens is 367 g/mol. The zero-order valence-corrected chi connectivity index (χ0v) is 14.2. The minimum atomic E-state index is -1.06. The van der Waals surface area contributed by atoms with Gasteiger partial charge in [-0.15, -0.1) is 10.2 Å². The van der Waals surface area contributed by atoms with Gasteiger partial charge < -0.3 is 9.73 Å². The van der Waals surface area contributed by atoms with Crippen LogP contribution in [0.1, 0.15) is 6.92 Å². The third kappa shape index (κ3) is 4.05. The molecule has 9 heteroatoms. The van der Waals surface area contributed by atoms with Crippen molar-refractivity contribution in [1.82, 2.24) is 10.2 Å². The van der Waals surface area contributed by atoms with Gasteiger partial charge in [0, 0.05) is 11.8 Å². The first kappa shape index (κ1) is 18.0. The lowest BCUT2D eigenvalue weighted by atomic mass is 10.2. The van der Waals surface area contributed by atoms with E-state index >= 15 is 0 Å². The number of hydrogen-bond donors (Lipinski definition) is 1. The first-order chi connectivity index (χ1) is 12.4. The van der Waals surface area contributed by atoms with E-state index in [4.69, 9.17) is 4.42 Å². The van der Waals surface area contributed by atoms with Crippen LogP contribution in [-0.4, -0.2) is 21.4 Å². The Bertz CT molecular complexity index is 949. The van der Waals surface area contributed by atoms with Crippen LogP contribution in [0.3, 0.4) is 0 Å². The largest absolute Gasteiger partial charge is 0.411 e. The molecule has 0 radical (unpaired) electrons. The van der Waals surface area contributed by atoms with Gasteiger partial charge in [0.05, 0.1) is 10.8 Å². The normalized spacial score (nSPS) is 12.0. The minimum absolute atomic E-state index is 0.00110. The summed E-state index contributed by atoms with van der Waals surface area (Å²) in [5.74, 6) is -3.03. The van der Waals surface area contributed by atoms with Gasteiger partial charge in [0.15, 0.2) is 11.6 Å². The van der Waals surface area contributed by atoms with Gasteiger partial charge in [0.25, 0.3) is 11.1 Å². The van der Waals surface area contributed by atoms with Crippen molar-refractivity contribution >= 4 is 23.4 Å². The third-order valence-electron chi connectivity index (χ3n) is 3.34. The highest BCUT2D eigenvalue weighted by molar-refractivity contribution is 8.00. The van der Waals surface area contributed by atoms with Crippen molar-refractivity contribution in [2.75, 3.05) is 5.32 Å². The number of carbonyl (C=O) groups excluding carboxylic acids is 1. The van der Waals surface area contributed by atoms with Crippen molar-refractivity contribution in [2.45, 2.75) is 17.4 Å². The summed E-state index contributed by atoms with van der Waals surface area (Å²) in [6.07, 6.45) is 0. The van der Waals surface area contributed by atoms with E-state index in [0.717, 1.165) is 23.9 Å². The molecule has 0 spiro atoms. The van der Waals surface area contributed by atoms with Gasteiger partial charge in [0.1, 0.15) is 5.82 Å². The summed E-state index contributed by atoms with van der Waals surface area (Å²) in [7, 11) is 0. The maximum Gasteiger partial charge on any atom is 0.277 e. The summed E-state index contributed by atoms with van der Waals surface area (Å²) in [5, 5.41) is 9.42. The minimum Gasteiger partial charge on any atom is -0.411 e. The van der Waals surface area contributed by atoms with E-state index in [9.17, 15) is 18.0 Å². The molecule has 0 unspecified atom stereocenters. The Labute approximate surface area is 150 Å². The molecule has 0 aliphatic carbocycles. The monoisotopic (exact) mass is 379 g/mol. The molecule has 3 aromatic rings. The van der Waals surface area contributed by atoms with Gasteiger partial charge in [-0.25, -0.2) is 13.2 Å². The number of aromatic nitrogens is 2.